The van der Waals surface area contributed by atoms with Crippen molar-refractivity contribution >= 4 is 5.97 Å². The third-order valence-corrected chi connectivity index (χ3v) is 1.57. The van der Waals surface area contributed by atoms with Crippen LogP contribution in [0.25, 0.3) is 0 Å². The molecule has 0 rings (SSSR count). The zero-order valence-corrected chi connectivity index (χ0v) is 9.72. The third kappa shape index (κ3) is 5.19. The fourth-order valence-electron chi connectivity index (χ4n) is 0.730. The maximum absolute atomic E-state index is 11.4. The summed E-state index contributed by atoms with van der Waals surface area (Å²) in [6.07, 6.45) is 0. The first-order chi connectivity index (χ1) is 6.19. The molecule has 0 spiro atoms. The SMILES string of the molecule is CCOC(=O)C(C)(C)OCC(C)(C)N. The summed E-state index contributed by atoms with van der Waals surface area (Å²) in [5, 5.41) is 0. The van der Waals surface area contributed by atoms with Gasteiger partial charge in [0.15, 0.2) is 5.60 Å². The van der Waals surface area contributed by atoms with Crippen LogP contribution in [-0.2, 0) is 14.3 Å². The molecule has 0 saturated carbocycles. The van der Waals surface area contributed by atoms with Crippen LogP contribution in [0.1, 0.15) is 34.6 Å². The van der Waals surface area contributed by atoms with Crippen LogP contribution in [0.15, 0.2) is 0 Å². The zero-order chi connectivity index (χ0) is 11.4. The largest absolute Gasteiger partial charge is 0.464 e. The minimum absolute atomic E-state index is 0.318. The third-order valence-electron chi connectivity index (χ3n) is 1.57. The summed E-state index contributed by atoms with van der Waals surface area (Å²) in [6, 6.07) is 0. The molecular formula is C10H21NO3. The van der Waals surface area contributed by atoms with Crippen LogP contribution in [0.4, 0.5) is 0 Å². The Balaban J connectivity index is 4.13. The van der Waals surface area contributed by atoms with E-state index in [2.05, 4.69) is 0 Å². The molecule has 0 fully saturated rings. The Hall–Kier alpha value is -0.610. The van der Waals surface area contributed by atoms with E-state index in [1.54, 1.807) is 20.8 Å². The molecule has 0 amide bonds. The second-order valence-electron chi connectivity index (χ2n) is 4.51. The summed E-state index contributed by atoms with van der Waals surface area (Å²) < 4.78 is 10.3. The Morgan fingerprint density at radius 3 is 2.14 bits per heavy atom. The summed E-state index contributed by atoms with van der Waals surface area (Å²) >= 11 is 0. The second-order valence-corrected chi connectivity index (χ2v) is 4.51. The summed E-state index contributed by atoms with van der Waals surface area (Å²) in [7, 11) is 0. The number of nitrogens with two attached hydrogens (primary N) is 1. The van der Waals surface area contributed by atoms with E-state index in [-0.39, 0.29) is 5.97 Å². The number of hydrogen-bond acceptors (Lipinski definition) is 4. The van der Waals surface area contributed by atoms with Crippen molar-refractivity contribution in [1.82, 2.24) is 0 Å². The van der Waals surface area contributed by atoms with Gasteiger partial charge in [0.25, 0.3) is 0 Å². The molecule has 0 saturated heterocycles. The highest BCUT2D eigenvalue weighted by Crippen LogP contribution is 2.13. The van der Waals surface area contributed by atoms with Crippen molar-refractivity contribution in [3.63, 3.8) is 0 Å². The first-order valence-corrected chi connectivity index (χ1v) is 4.79. The molecule has 0 unspecified atom stereocenters. The smallest absolute Gasteiger partial charge is 0.337 e. The predicted molar refractivity (Wildman–Crippen MR) is 54.9 cm³/mol. The number of hydrogen-bond donors (Lipinski definition) is 1. The molecule has 4 heteroatoms. The molecule has 0 radical (unpaired) electrons. The van der Waals surface area contributed by atoms with Gasteiger partial charge in [-0.1, -0.05) is 0 Å². The van der Waals surface area contributed by atoms with Crippen molar-refractivity contribution in [3.05, 3.63) is 0 Å². The van der Waals surface area contributed by atoms with Gasteiger partial charge in [0.05, 0.1) is 13.2 Å². The van der Waals surface area contributed by atoms with Crippen LogP contribution in [0, 0.1) is 0 Å². The minimum atomic E-state index is -0.924. The Morgan fingerprint density at radius 2 is 1.79 bits per heavy atom. The van der Waals surface area contributed by atoms with Gasteiger partial charge in [-0.25, -0.2) is 4.79 Å². The molecule has 0 aliphatic rings. The first-order valence-electron chi connectivity index (χ1n) is 4.79. The van der Waals surface area contributed by atoms with Crippen molar-refractivity contribution in [2.45, 2.75) is 45.8 Å². The average molecular weight is 203 g/mol. The Kier molecular flexibility index (Phi) is 4.55. The number of carbonyl (C=O) groups excluding carboxylic acids is 1. The molecule has 84 valence electrons. The van der Waals surface area contributed by atoms with Crippen molar-refractivity contribution in [3.8, 4) is 0 Å². The lowest BCUT2D eigenvalue weighted by Gasteiger charge is -2.27. The number of ether oxygens (including phenoxy) is 2. The van der Waals surface area contributed by atoms with Gasteiger partial charge in [0, 0.05) is 5.54 Å². The van der Waals surface area contributed by atoms with E-state index >= 15 is 0 Å². The van der Waals surface area contributed by atoms with Crippen LogP contribution in [-0.4, -0.2) is 30.3 Å². The summed E-state index contributed by atoms with van der Waals surface area (Å²) in [5.41, 5.74) is 4.37. The number of rotatable bonds is 5. The quantitative estimate of drug-likeness (QED) is 0.679. The van der Waals surface area contributed by atoms with Crippen LogP contribution < -0.4 is 5.73 Å². The van der Waals surface area contributed by atoms with Crippen molar-refractivity contribution in [1.29, 1.82) is 0 Å². The molecule has 0 aliphatic carbocycles. The number of esters is 1. The van der Waals surface area contributed by atoms with Crippen molar-refractivity contribution < 1.29 is 14.3 Å². The van der Waals surface area contributed by atoms with E-state index in [0.29, 0.717) is 13.2 Å². The zero-order valence-electron chi connectivity index (χ0n) is 9.72. The highest BCUT2D eigenvalue weighted by atomic mass is 16.6. The minimum Gasteiger partial charge on any atom is -0.464 e. The number of carbonyl (C=O) groups is 1. The molecule has 14 heavy (non-hydrogen) atoms. The molecule has 0 heterocycles. The molecule has 0 aromatic heterocycles. The normalized spacial score (nSPS) is 12.7. The fraction of sp³-hybridized carbons (Fsp3) is 0.900. The van der Waals surface area contributed by atoms with E-state index in [1.807, 2.05) is 13.8 Å². The van der Waals surface area contributed by atoms with Gasteiger partial charge in [0.1, 0.15) is 0 Å². The lowest BCUT2D eigenvalue weighted by atomic mass is 10.1. The van der Waals surface area contributed by atoms with E-state index in [1.165, 1.54) is 0 Å². The van der Waals surface area contributed by atoms with Gasteiger partial charge < -0.3 is 15.2 Å². The first kappa shape index (κ1) is 13.4. The fourth-order valence-corrected chi connectivity index (χ4v) is 0.730. The molecule has 0 aromatic carbocycles. The maximum Gasteiger partial charge on any atom is 0.337 e. The van der Waals surface area contributed by atoms with Crippen LogP contribution >= 0.6 is 0 Å². The summed E-state index contributed by atoms with van der Waals surface area (Å²) in [5.74, 6) is -0.357. The Bertz CT molecular complexity index is 194. The molecule has 0 aromatic rings. The molecule has 0 atom stereocenters. The van der Waals surface area contributed by atoms with Gasteiger partial charge in [0.2, 0.25) is 0 Å². The molecular weight excluding hydrogens is 182 g/mol. The monoisotopic (exact) mass is 203 g/mol. The van der Waals surface area contributed by atoms with Gasteiger partial charge in [-0.2, -0.15) is 0 Å². The van der Waals surface area contributed by atoms with Gasteiger partial charge in [-0.3, -0.25) is 0 Å². The molecule has 0 bridgehead atoms. The lowest BCUT2D eigenvalue weighted by molar-refractivity contribution is -0.169. The highest BCUT2D eigenvalue weighted by Gasteiger charge is 2.31. The van der Waals surface area contributed by atoms with Crippen LogP contribution in [0.3, 0.4) is 0 Å². The van der Waals surface area contributed by atoms with Crippen LogP contribution in [0.2, 0.25) is 0 Å². The lowest BCUT2D eigenvalue weighted by Crippen LogP contribution is -2.45. The predicted octanol–water partition coefficient (Wildman–Crippen LogP) is 1.08. The molecule has 2 N–H and O–H groups in total. The van der Waals surface area contributed by atoms with E-state index in [9.17, 15) is 4.79 Å². The second kappa shape index (κ2) is 4.75. The maximum atomic E-state index is 11.4. The highest BCUT2D eigenvalue weighted by molar-refractivity contribution is 5.78. The van der Waals surface area contributed by atoms with E-state index in [0.717, 1.165) is 0 Å². The summed E-state index contributed by atoms with van der Waals surface area (Å²) in [6.45, 7) is 9.48. The van der Waals surface area contributed by atoms with Crippen molar-refractivity contribution in [2.75, 3.05) is 13.2 Å². The van der Waals surface area contributed by atoms with Crippen molar-refractivity contribution in [2.24, 2.45) is 5.73 Å². The topological polar surface area (TPSA) is 61.5 Å². The summed E-state index contributed by atoms with van der Waals surface area (Å²) in [4.78, 5) is 11.4. The Morgan fingerprint density at radius 1 is 1.29 bits per heavy atom. The van der Waals surface area contributed by atoms with Gasteiger partial charge >= 0.3 is 5.97 Å². The van der Waals surface area contributed by atoms with E-state index in [4.69, 9.17) is 15.2 Å². The van der Waals surface area contributed by atoms with E-state index < -0.39 is 11.1 Å². The molecule has 4 nitrogen and oxygen atoms in total. The standard InChI is InChI=1S/C10H21NO3/c1-6-13-8(12)10(4,5)14-7-9(2,3)11/h6-7,11H2,1-5H3. The van der Waals surface area contributed by atoms with Gasteiger partial charge in [-0.05, 0) is 34.6 Å². The van der Waals surface area contributed by atoms with Crippen LogP contribution in [0.5, 0.6) is 0 Å². The Labute approximate surface area is 85.8 Å². The average Bonchev–Trinajstić information content (AvgIpc) is 2.00. The van der Waals surface area contributed by atoms with Gasteiger partial charge in [-0.15, -0.1) is 0 Å². The molecule has 0 aliphatic heterocycles.